The molecule has 1 amide bonds. The number of rotatable bonds is 6. The van der Waals surface area contributed by atoms with Gasteiger partial charge in [0.15, 0.2) is 0 Å². The molecule has 0 unspecified atom stereocenters. The van der Waals surface area contributed by atoms with E-state index in [1.54, 1.807) is 7.11 Å². The molecule has 0 heterocycles. The van der Waals surface area contributed by atoms with E-state index in [-0.39, 0.29) is 5.91 Å². The second kappa shape index (κ2) is 6.57. The first-order valence-electron chi connectivity index (χ1n) is 6.58. The largest absolute Gasteiger partial charge is 0.496 e. The highest BCUT2D eigenvalue weighted by Gasteiger charge is 2.25. The van der Waals surface area contributed by atoms with Crippen molar-refractivity contribution >= 4 is 5.91 Å². The fourth-order valence-electron chi connectivity index (χ4n) is 1.73. The van der Waals surface area contributed by atoms with Crippen LogP contribution in [0, 0.1) is 5.41 Å². The van der Waals surface area contributed by atoms with Crippen molar-refractivity contribution in [3.8, 4) is 5.75 Å². The van der Waals surface area contributed by atoms with Gasteiger partial charge in [-0.15, -0.1) is 0 Å². The van der Waals surface area contributed by atoms with Crippen LogP contribution in [0.2, 0.25) is 0 Å². The van der Waals surface area contributed by atoms with Crippen LogP contribution in [-0.4, -0.2) is 19.6 Å². The summed E-state index contributed by atoms with van der Waals surface area (Å²) in [5, 5.41) is 2.92. The number of aryl methyl sites for hydroxylation is 1. The van der Waals surface area contributed by atoms with E-state index in [1.165, 1.54) is 0 Å². The molecule has 0 aliphatic carbocycles. The number of hydrogen-bond donors (Lipinski definition) is 2. The fraction of sp³-hybridized carbons (Fsp3) is 0.533. The van der Waals surface area contributed by atoms with E-state index in [2.05, 4.69) is 18.3 Å². The van der Waals surface area contributed by atoms with E-state index in [0.717, 1.165) is 23.3 Å². The minimum absolute atomic E-state index is 0.0242. The van der Waals surface area contributed by atoms with Gasteiger partial charge < -0.3 is 15.8 Å². The first-order chi connectivity index (χ1) is 8.94. The molecule has 0 aromatic heterocycles. The average molecular weight is 264 g/mol. The van der Waals surface area contributed by atoms with E-state index < -0.39 is 5.41 Å². The van der Waals surface area contributed by atoms with Crippen molar-refractivity contribution in [1.82, 2.24) is 5.32 Å². The van der Waals surface area contributed by atoms with E-state index in [4.69, 9.17) is 10.5 Å². The molecule has 0 atom stereocenters. The molecule has 4 heteroatoms. The number of amides is 1. The number of nitrogens with two attached hydrogens (primary N) is 1. The molecule has 4 nitrogen and oxygen atoms in total. The number of hydrogen-bond acceptors (Lipinski definition) is 3. The SMILES string of the molecule is CCc1cc(CNC(=O)C(C)(C)CN)ccc1OC. The molecule has 1 aromatic rings. The second-order valence-corrected chi connectivity index (χ2v) is 5.27. The third-order valence-corrected chi connectivity index (χ3v) is 3.30. The van der Waals surface area contributed by atoms with Crippen LogP contribution in [0.25, 0.3) is 0 Å². The normalized spacial score (nSPS) is 11.2. The summed E-state index contributed by atoms with van der Waals surface area (Å²) in [6, 6.07) is 5.97. The summed E-state index contributed by atoms with van der Waals surface area (Å²) in [4.78, 5) is 11.9. The zero-order valence-electron chi connectivity index (χ0n) is 12.2. The van der Waals surface area contributed by atoms with Crippen LogP contribution in [0.1, 0.15) is 31.9 Å². The smallest absolute Gasteiger partial charge is 0.227 e. The summed E-state index contributed by atoms with van der Waals surface area (Å²) in [5.74, 6) is 0.865. The van der Waals surface area contributed by atoms with Crippen molar-refractivity contribution in [3.05, 3.63) is 29.3 Å². The van der Waals surface area contributed by atoms with Gasteiger partial charge in [-0.3, -0.25) is 4.79 Å². The summed E-state index contributed by atoms with van der Waals surface area (Å²) in [6.07, 6.45) is 0.902. The molecular weight excluding hydrogens is 240 g/mol. The Hall–Kier alpha value is -1.55. The Kier molecular flexibility index (Phi) is 5.36. The molecule has 19 heavy (non-hydrogen) atoms. The maximum absolute atomic E-state index is 11.9. The predicted molar refractivity (Wildman–Crippen MR) is 77.1 cm³/mol. The first-order valence-corrected chi connectivity index (χ1v) is 6.58. The van der Waals surface area contributed by atoms with E-state index >= 15 is 0 Å². The van der Waals surface area contributed by atoms with Gasteiger partial charge in [0.1, 0.15) is 5.75 Å². The molecule has 0 saturated heterocycles. The third kappa shape index (κ3) is 3.96. The van der Waals surface area contributed by atoms with Crippen molar-refractivity contribution in [3.63, 3.8) is 0 Å². The van der Waals surface area contributed by atoms with Gasteiger partial charge in [-0.2, -0.15) is 0 Å². The Morgan fingerprint density at radius 2 is 2.11 bits per heavy atom. The zero-order valence-corrected chi connectivity index (χ0v) is 12.2. The molecule has 1 rings (SSSR count). The number of methoxy groups -OCH3 is 1. The molecule has 0 saturated carbocycles. The lowest BCUT2D eigenvalue weighted by atomic mass is 9.92. The van der Waals surface area contributed by atoms with Crippen molar-refractivity contribution in [1.29, 1.82) is 0 Å². The monoisotopic (exact) mass is 264 g/mol. The van der Waals surface area contributed by atoms with Crippen molar-refractivity contribution in [2.75, 3.05) is 13.7 Å². The van der Waals surface area contributed by atoms with Crippen LogP contribution in [-0.2, 0) is 17.8 Å². The van der Waals surface area contributed by atoms with Gasteiger partial charge >= 0.3 is 0 Å². The highest BCUT2D eigenvalue weighted by molar-refractivity contribution is 5.82. The van der Waals surface area contributed by atoms with E-state index in [1.807, 2.05) is 26.0 Å². The lowest BCUT2D eigenvalue weighted by Gasteiger charge is -2.21. The topological polar surface area (TPSA) is 64.4 Å². The highest BCUT2D eigenvalue weighted by Crippen LogP contribution is 2.20. The third-order valence-electron chi connectivity index (χ3n) is 3.30. The van der Waals surface area contributed by atoms with Gasteiger partial charge in [0.05, 0.1) is 12.5 Å². The number of carbonyl (C=O) groups is 1. The molecule has 3 N–H and O–H groups in total. The second-order valence-electron chi connectivity index (χ2n) is 5.27. The maximum atomic E-state index is 11.9. The standard InChI is InChI=1S/C15H24N2O2/c1-5-12-8-11(6-7-13(12)19-4)9-17-14(18)15(2,3)10-16/h6-8H,5,9-10,16H2,1-4H3,(H,17,18). The van der Waals surface area contributed by atoms with Crippen molar-refractivity contribution in [2.45, 2.75) is 33.7 Å². The average Bonchev–Trinajstić information content (AvgIpc) is 2.44. The summed E-state index contributed by atoms with van der Waals surface area (Å²) < 4.78 is 5.28. The Morgan fingerprint density at radius 1 is 1.42 bits per heavy atom. The van der Waals surface area contributed by atoms with Gasteiger partial charge in [0, 0.05) is 13.1 Å². The Morgan fingerprint density at radius 3 is 2.63 bits per heavy atom. The summed E-state index contributed by atoms with van der Waals surface area (Å²) in [5.41, 5.74) is 7.27. The number of carbonyl (C=O) groups excluding carboxylic acids is 1. The maximum Gasteiger partial charge on any atom is 0.227 e. The lowest BCUT2D eigenvalue weighted by Crippen LogP contribution is -2.41. The lowest BCUT2D eigenvalue weighted by molar-refractivity contribution is -0.129. The fourth-order valence-corrected chi connectivity index (χ4v) is 1.73. The molecule has 0 radical (unpaired) electrons. The van der Waals surface area contributed by atoms with E-state index in [0.29, 0.717) is 13.1 Å². The zero-order chi connectivity index (χ0) is 14.5. The van der Waals surface area contributed by atoms with Crippen LogP contribution in [0.4, 0.5) is 0 Å². The van der Waals surface area contributed by atoms with Crippen LogP contribution in [0.3, 0.4) is 0 Å². The van der Waals surface area contributed by atoms with Crippen LogP contribution < -0.4 is 15.8 Å². The molecule has 0 fully saturated rings. The Bertz CT molecular complexity index is 442. The molecule has 106 valence electrons. The van der Waals surface area contributed by atoms with Gasteiger partial charge in [0.2, 0.25) is 5.91 Å². The minimum Gasteiger partial charge on any atom is -0.496 e. The van der Waals surface area contributed by atoms with E-state index in [9.17, 15) is 4.79 Å². The van der Waals surface area contributed by atoms with Gasteiger partial charge in [-0.05, 0) is 37.5 Å². The molecule has 0 aliphatic heterocycles. The predicted octanol–water partition coefficient (Wildman–Crippen LogP) is 1.86. The van der Waals surface area contributed by atoms with Crippen LogP contribution >= 0.6 is 0 Å². The summed E-state index contributed by atoms with van der Waals surface area (Å²) in [7, 11) is 1.67. The van der Waals surface area contributed by atoms with Gasteiger partial charge in [0.25, 0.3) is 0 Å². The Balaban J connectivity index is 2.71. The number of benzene rings is 1. The highest BCUT2D eigenvalue weighted by atomic mass is 16.5. The molecule has 0 bridgehead atoms. The first kappa shape index (κ1) is 15.5. The molecule has 1 aromatic carbocycles. The molecular formula is C15H24N2O2. The Labute approximate surface area is 115 Å². The minimum atomic E-state index is -0.528. The number of nitrogens with one attached hydrogen (secondary N) is 1. The van der Waals surface area contributed by atoms with Crippen LogP contribution in [0.15, 0.2) is 18.2 Å². The summed E-state index contributed by atoms with van der Waals surface area (Å²) in [6.45, 7) is 6.61. The van der Waals surface area contributed by atoms with Gasteiger partial charge in [-0.1, -0.05) is 19.1 Å². The van der Waals surface area contributed by atoms with Crippen LogP contribution in [0.5, 0.6) is 5.75 Å². The quantitative estimate of drug-likeness (QED) is 0.824. The molecule has 0 aliphatic rings. The van der Waals surface area contributed by atoms with Crippen molar-refractivity contribution < 1.29 is 9.53 Å². The number of ether oxygens (including phenoxy) is 1. The van der Waals surface area contributed by atoms with Crippen molar-refractivity contribution in [2.24, 2.45) is 11.1 Å². The summed E-state index contributed by atoms with van der Waals surface area (Å²) >= 11 is 0. The van der Waals surface area contributed by atoms with Gasteiger partial charge in [-0.25, -0.2) is 0 Å². The molecule has 0 spiro atoms.